The largest absolute Gasteiger partial charge is 0.504 e. The fourth-order valence-corrected chi connectivity index (χ4v) is 1.40. The predicted octanol–water partition coefficient (Wildman–Crippen LogP) is 2.07. The van der Waals surface area contributed by atoms with Crippen molar-refractivity contribution in [1.82, 2.24) is 0 Å². The Morgan fingerprint density at radius 2 is 2.13 bits per heavy atom. The van der Waals surface area contributed by atoms with Crippen molar-refractivity contribution in [2.45, 2.75) is 32.7 Å². The van der Waals surface area contributed by atoms with Gasteiger partial charge in [0.2, 0.25) is 0 Å². The molecule has 0 aromatic heterocycles. The predicted molar refractivity (Wildman–Crippen MR) is 61.2 cm³/mol. The molecule has 0 unspecified atom stereocenters. The van der Waals surface area contributed by atoms with Crippen LogP contribution in [0.1, 0.15) is 25.8 Å². The van der Waals surface area contributed by atoms with Gasteiger partial charge in [0.15, 0.2) is 11.5 Å². The number of benzene rings is 1. The summed E-state index contributed by atoms with van der Waals surface area (Å²) in [6.45, 7) is 4.51. The molecule has 0 aliphatic rings. The highest BCUT2D eigenvalue weighted by Crippen LogP contribution is 2.27. The first-order valence-corrected chi connectivity index (χ1v) is 5.37. The lowest BCUT2D eigenvalue weighted by Crippen LogP contribution is -2.21. The highest BCUT2D eigenvalue weighted by Gasteiger charge is 2.06. The standard InChI is InChI=1S/C12H19NO2/c1-3-10(13)7-9-5-6-11(14)12(8-9)15-4-2/h5-6,8,10,14H,3-4,7,13H2,1-2H3/t10-/m0/s1. The Morgan fingerprint density at radius 1 is 1.40 bits per heavy atom. The van der Waals surface area contributed by atoms with Crippen LogP contribution in [0.4, 0.5) is 0 Å². The Bertz CT molecular complexity index is 312. The molecule has 15 heavy (non-hydrogen) atoms. The van der Waals surface area contributed by atoms with Crippen LogP contribution < -0.4 is 10.5 Å². The third kappa shape index (κ3) is 3.44. The van der Waals surface area contributed by atoms with Gasteiger partial charge in [-0.2, -0.15) is 0 Å². The molecule has 0 saturated carbocycles. The summed E-state index contributed by atoms with van der Waals surface area (Å²) in [5.74, 6) is 0.726. The van der Waals surface area contributed by atoms with Crippen LogP contribution in [0.3, 0.4) is 0 Å². The third-order valence-corrected chi connectivity index (χ3v) is 2.35. The first-order valence-electron chi connectivity index (χ1n) is 5.37. The summed E-state index contributed by atoms with van der Waals surface area (Å²) in [5.41, 5.74) is 6.97. The van der Waals surface area contributed by atoms with Crippen molar-refractivity contribution in [3.63, 3.8) is 0 Å². The fraction of sp³-hybridized carbons (Fsp3) is 0.500. The normalized spacial score (nSPS) is 12.5. The Morgan fingerprint density at radius 3 is 2.73 bits per heavy atom. The quantitative estimate of drug-likeness (QED) is 0.780. The molecular weight excluding hydrogens is 190 g/mol. The van der Waals surface area contributed by atoms with E-state index in [1.54, 1.807) is 6.07 Å². The van der Waals surface area contributed by atoms with Crippen molar-refractivity contribution in [2.75, 3.05) is 6.61 Å². The number of rotatable bonds is 5. The van der Waals surface area contributed by atoms with Gasteiger partial charge in [0.25, 0.3) is 0 Å². The second-order valence-corrected chi connectivity index (χ2v) is 3.61. The monoisotopic (exact) mass is 209 g/mol. The highest BCUT2D eigenvalue weighted by molar-refractivity contribution is 5.42. The van der Waals surface area contributed by atoms with Gasteiger partial charge in [-0.3, -0.25) is 0 Å². The molecular formula is C12H19NO2. The van der Waals surface area contributed by atoms with E-state index in [2.05, 4.69) is 6.92 Å². The molecule has 0 amide bonds. The zero-order chi connectivity index (χ0) is 11.3. The maximum absolute atomic E-state index is 9.50. The lowest BCUT2D eigenvalue weighted by molar-refractivity contribution is 0.317. The van der Waals surface area contributed by atoms with E-state index in [-0.39, 0.29) is 11.8 Å². The zero-order valence-corrected chi connectivity index (χ0v) is 9.36. The average molecular weight is 209 g/mol. The smallest absolute Gasteiger partial charge is 0.161 e. The van der Waals surface area contributed by atoms with Crippen molar-refractivity contribution in [3.05, 3.63) is 23.8 Å². The summed E-state index contributed by atoms with van der Waals surface area (Å²) in [4.78, 5) is 0. The molecule has 0 saturated heterocycles. The lowest BCUT2D eigenvalue weighted by Gasteiger charge is -2.11. The third-order valence-electron chi connectivity index (χ3n) is 2.35. The number of hydrogen-bond acceptors (Lipinski definition) is 3. The van der Waals surface area contributed by atoms with Crippen LogP contribution in [0.2, 0.25) is 0 Å². The second-order valence-electron chi connectivity index (χ2n) is 3.61. The van der Waals surface area contributed by atoms with E-state index < -0.39 is 0 Å². The van der Waals surface area contributed by atoms with Crippen molar-refractivity contribution in [2.24, 2.45) is 5.73 Å². The molecule has 84 valence electrons. The molecule has 0 fully saturated rings. The van der Waals surface area contributed by atoms with Crippen LogP contribution in [0.25, 0.3) is 0 Å². The molecule has 1 aromatic carbocycles. The van der Waals surface area contributed by atoms with Crippen molar-refractivity contribution < 1.29 is 9.84 Å². The van der Waals surface area contributed by atoms with E-state index in [0.29, 0.717) is 12.4 Å². The van der Waals surface area contributed by atoms with E-state index in [9.17, 15) is 5.11 Å². The summed E-state index contributed by atoms with van der Waals surface area (Å²) in [6, 6.07) is 5.56. The minimum absolute atomic E-state index is 0.170. The van der Waals surface area contributed by atoms with E-state index in [1.807, 2.05) is 19.1 Å². The van der Waals surface area contributed by atoms with Gasteiger partial charge >= 0.3 is 0 Å². The van der Waals surface area contributed by atoms with Gasteiger partial charge in [0.05, 0.1) is 6.61 Å². The molecule has 0 bridgehead atoms. The second kappa shape index (κ2) is 5.61. The van der Waals surface area contributed by atoms with Crippen molar-refractivity contribution in [1.29, 1.82) is 0 Å². The van der Waals surface area contributed by atoms with Gasteiger partial charge in [-0.1, -0.05) is 13.0 Å². The maximum atomic E-state index is 9.50. The van der Waals surface area contributed by atoms with E-state index >= 15 is 0 Å². The molecule has 1 atom stereocenters. The minimum atomic E-state index is 0.170. The molecule has 0 aliphatic heterocycles. The molecule has 0 radical (unpaired) electrons. The molecule has 0 aliphatic carbocycles. The van der Waals surface area contributed by atoms with Gasteiger partial charge in [-0.15, -0.1) is 0 Å². The van der Waals surface area contributed by atoms with Crippen LogP contribution >= 0.6 is 0 Å². The SMILES string of the molecule is CCOc1cc(C[C@@H](N)CC)ccc1O. The van der Waals surface area contributed by atoms with Gasteiger partial charge in [0, 0.05) is 6.04 Å². The Kier molecular flexibility index (Phi) is 4.43. The summed E-state index contributed by atoms with van der Waals surface area (Å²) in [7, 11) is 0. The van der Waals surface area contributed by atoms with Crippen molar-refractivity contribution in [3.8, 4) is 11.5 Å². The maximum Gasteiger partial charge on any atom is 0.161 e. The summed E-state index contributed by atoms with van der Waals surface area (Å²) >= 11 is 0. The zero-order valence-electron chi connectivity index (χ0n) is 9.36. The van der Waals surface area contributed by atoms with E-state index in [1.165, 1.54) is 0 Å². The summed E-state index contributed by atoms with van der Waals surface area (Å²) in [5, 5.41) is 9.50. The van der Waals surface area contributed by atoms with Crippen molar-refractivity contribution >= 4 is 0 Å². The highest BCUT2D eigenvalue weighted by atomic mass is 16.5. The van der Waals surface area contributed by atoms with Crippen LogP contribution in [-0.4, -0.2) is 17.8 Å². The average Bonchev–Trinajstić information content (AvgIpc) is 2.23. The number of hydrogen-bond donors (Lipinski definition) is 2. The van der Waals surface area contributed by atoms with Crippen LogP contribution in [0, 0.1) is 0 Å². The van der Waals surface area contributed by atoms with E-state index in [0.717, 1.165) is 18.4 Å². The van der Waals surface area contributed by atoms with Gasteiger partial charge in [0.1, 0.15) is 0 Å². The Labute approximate surface area is 90.9 Å². The number of ether oxygens (including phenoxy) is 1. The number of nitrogens with two attached hydrogens (primary N) is 1. The Hall–Kier alpha value is -1.22. The van der Waals surface area contributed by atoms with Gasteiger partial charge in [-0.25, -0.2) is 0 Å². The van der Waals surface area contributed by atoms with E-state index in [4.69, 9.17) is 10.5 Å². The number of aromatic hydroxyl groups is 1. The molecule has 3 N–H and O–H groups in total. The summed E-state index contributed by atoms with van der Waals surface area (Å²) < 4.78 is 5.30. The molecule has 0 spiro atoms. The van der Waals surface area contributed by atoms with Gasteiger partial charge < -0.3 is 15.6 Å². The lowest BCUT2D eigenvalue weighted by atomic mass is 10.0. The first-order chi connectivity index (χ1) is 7.17. The number of phenols is 1. The van der Waals surface area contributed by atoms with Crippen LogP contribution in [0.5, 0.6) is 11.5 Å². The summed E-state index contributed by atoms with van der Waals surface area (Å²) in [6.07, 6.45) is 1.77. The first kappa shape index (κ1) is 11.9. The minimum Gasteiger partial charge on any atom is -0.504 e. The number of phenolic OH excluding ortho intramolecular Hbond substituents is 1. The van der Waals surface area contributed by atoms with Crippen LogP contribution in [-0.2, 0) is 6.42 Å². The molecule has 1 rings (SSSR count). The molecule has 0 heterocycles. The fourth-order valence-electron chi connectivity index (χ4n) is 1.40. The van der Waals surface area contributed by atoms with Crippen LogP contribution in [0.15, 0.2) is 18.2 Å². The Balaban J connectivity index is 2.77. The topological polar surface area (TPSA) is 55.5 Å². The van der Waals surface area contributed by atoms with Gasteiger partial charge in [-0.05, 0) is 37.5 Å². The molecule has 3 nitrogen and oxygen atoms in total. The molecule has 1 aromatic rings. The molecule has 3 heteroatoms.